The fraction of sp³-hybridized carbons (Fsp3) is 0.500. The topological polar surface area (TPSA) is 91.2 Å². The third-order valence-electron chi connectivity index (χ3n) is 6.96. The van der Waals surface area contributed by atoms with E-state index < -0.39 is 4.92 Å². The van der Waals surface area contributed by atoms with Crippen LogP contribution in [-0.4, -0.2) is 79.1 Å². The molecule has 0 saturated carbocycles. The molecule has 0 spiro atoms. The molecule has 0 bridgehead atoms. The van der Waals surface area contributed by atoms with Gasteiger partial charge in [0, 0.05) is 81.8 Å². The lowest BCUT2D eigenvalue weighted by atomic mass is 10.0. The molecule has 0 atom stereocenters. The Kier molecular flexibility index (Phi) is 9.34. The van der Waals surface area contributed by atoms with Crippen molar-refractivity contribution in [2.45, 2.75) is 32.2 Å². The van der Waals surface area contributed by atoms with Gasteiger partial charge in [-0.15, -0.1) is 0 Å². The number of carbonyl (C=O) groups is 1. The van der Waals surface area contributed by atoms with Gasteiger partial charge in [-0.25, -0.2) is 0 Å². The van der Waals surface area contributed by atoms with Gasteiger partial charge in [-0.1, -0.05) is 23.2 Å². The fourth-order valence-electron chi connectivity index (χ4n) is 4.86. The lowest BCUT2D eigenvalue weighted by Gasteiger charge is -2.37. The highest BCUT2D eigenvalue weighted by molar-refractivity contribution is 6.42. The Morgan fingerprint density at radius 3 is 2.43 bits per heavy atom. The maximum atomic E-state index is 12.8. The number of hydrogen-bond acceptors (Lipinski definition) is 7. The van der Waals surface area contributed by atoms with E-state index in [2.05, 4.69) is 15.1 Å². The summed E-state index contributed by atoms with van der Waals surface area (Å²) in [4.78, 5) is 30.2. The number of piperidine rings is 1. The minimum Gasteiger partial charge on any atom is -0.487 e. The summed E-state index contributed by atoms with van der Waals surface area (Å²) in [7, 11) is 0. The van der Waals surface area contributed by atoms with Crippen molar-refractivity contribution in [1.82, 2.24) is 9.80 Å². The zero-order valence-electron chi connectivity index (χ0n) is 21.0. The molecule has 2 aromatic carbocycles. The van der Waals surface area contributed by atoms with Gasteiger partial charge in [0.1, 0.15) is 0 Å². The Bertz CT molecular complexity index is 1100. The number of anilines is 2. The summed E-state index contributed by atoms with van der Waals surface area (Å²) < 4.78 is 5.44. The van der Waals surface area contributed by atoms with Gasteiger partial charge in [-0.3, -0.25) is 19.8 Å². The van der Waals surface area contributed by atoms with E-state index in [0.29, 0.717) is 36.2 Å². The number of hydrogen-bond donors (Lipinski definition) is 1. The number of rotatable bonds is 9. The average molecular weight is 550 g/mol. The maximum Gasteiger partial charge on any atom is 0.311 e. The standard InChI is InChI=1S/C26H33Cl2N5O4/c1-2-37-25-17-20(3-6-24(25)33(35)36)29-19-7-11-32(12-8-19)26(34)9-10-30-13-15-31(16-14-30)21-4-5-22(27)23(28)18-21/h3-6,17-19,29H,2,7-16H2,1H3. The number of amides is 1. The van der Waals surface area contributed by atoms with Crippen LogP contribution in [0, 0.1) is 10.1 Å². The van der Waals surface area contributed by atoms with Crippen LogP contribution in [0.5, 0.6) is 5.75 Å². The first-order valence-electron chi connectivity index (χ1n) is 12.7. The van der Waals surface area contributed by atoms with Crippen molar-refractivity contribution >= 4 is 46.2 Å². The van der Waals surface area contributed by atoms with E-state index in [1.54, 1.807) is 19.1 Å². The molecule has 1 amide bonds. The number of nitro groups is 1. The molecule has 2 aliphatic rings. The summed E-state index contributed by atoms with van der Waals surface area (Å²) in [6, 6.07) is 10.8. The second kappa shape index (κ2) is 12.7. The molecule has 0 unspecified atom stereocenters. The minimum absolute atomic E-state index is 0.0383. The highest BCUT2D eigenvalue weighted by atomic mass is 35.5. The number of nitrogens with zero attached hydrogens (tertiary/aromatic N) is 4. The Hall–Kier alpha value is -2.75. The first-order chi connectivity index (χ1) is 17.8. The number of carbonyl (C=O) groups excluding carboxylic acids is 1. The minimum atomic E-state index is -0.436. The molecule has 2 aliphatic heterocycles. The Balaban J connectivity index is 1.18. The summed E-state index contributed by atoms with van der Waals surface area (Å²) in [5.41, 5.74) is 1.83. The molecule has 4 rings (SSSR count). The zero-order valence-corrected chi connectivity index (χ0v) is 22.5. The molecule has 2 saturated heterocycles. The van der Waals surface area contributed by atoms with E-state index in [9.17, 15) is 14.9 Å². The van der Waals surface area contributed by atoms with E-state index in [4.69, 9.17) is 27.9 Å². The van der Waals surface area contributed by atoms with Gasteiger partial charge in [-0.2, -0.15) is 0 Å². The van der Waals surface area contributed by atoms with Crippen molar-refractivity contribution in [3.8, 4) is 5.75 Å². The molecule has 2 aromatic rings. The summed E-state index contributed by atoms with van der Waals surface area (Å²) >= 11 is 12.2. The van der Waals surface area contributed by atoms with Gasteiger partial charge in [-0.05, 0) is 44.0 Å². The van der Waals surface area contributed by atoms with Crippen LogP contribution in [0.25, 0.3) is 0 Å². The smallest absolute Gasteiger partial charge is 0.311 e. The molecule has 2 heterocycles. The SMILES string of the molecule is CCOc1cc(NC2CCN(C(=O)CCN3CCN(c4ccc(Cl)c(Cl)c4)CC3)CC2)ccc1[N+](=O)[O-]. The van der Waals surface area contributed by atoms with E-state index >= 15 is 0 Å². The number of likely N-dealkylation sites (tertiary alicyclic amines) is 1. The highest BCUT2D eigenvalue weighted by Gasteiger charge is 2.25. The predicted molar refractivity (Wildman–Crippen MR) is 147 cm³/mol. The number of piperazine rings is 1. The van der Waals surface area contributed by atoms with Crippen molar-refractivity contribution in [2.75, 3.05) is 62.6 Å². The summed E-state index contributed by atoms with van der Waals surface area (Å²) in [5, 5.41) is 15.8. The normalized spacial score (nSPS) is 17.1. The van der Waals surface area contributed by atoms with Gasteiger partial charge in [0.15, 0.2) is 5.75 Å². The highest BCUT2D eigenvalue weighted by Crippen LogP contribution is 2.31. The number of nitro benzene ring substituents is 1. The largest absolute Gasteiger partial charge is 0.487 e. The van der Waals surface area contributed by atoms with Gasteiger partial charge < -0.3 is 19.9 Å². The number of halogens is 2. The van der Waals surface area contributed by atoms with Crippen LogP contribution in [0.4, 0.5) is 17.1 Å². The molecule has 200 valence electrons. The van der Waals surface area contributed by atoms with Gasteiger partial charge in [0.25, 0.3) is 0 Å². The van der Waals surface area contributed by atoms with Crippen molar-refractivity contribution in [3.05, 3.63) is 56.6 Å². The lowest BCUT2D eigenvalue weighted by Crippen LogP contribution is -2.48. The van der Waals surface area contributed by atoms with E-state index in [1.807, 2.05) is 23.1 Å². The van der Waals surface area contributed by atoms with Crippen molar-refractivity contribution in [1.29, 1.82) is 0 Å². The predicted octanol–water partition coefficient (Wildman–Crippen LogP) is 4.92. The summed E-state index contributed by atoms with van der Waals surface area (Å²) in [6.07, 6.45) is 2.18. The lowest BCUT2D eigenvalue weighted by molar-refractivity contribution is -0.385. The monoisotopic (exact) mass is 549 g/mol. The fourth-order valence-corrected chi connectivity index (χ4v) is 5.15. The van der Waals surface area contributed by atoms with Crippen molar-refractivity contribution in [3.63, 3.8) is 0 Å². The molecule has 11 heteroatoms. The molecule has 37 heavy (non-hydrogen) atoms. The second-order valence-electron chi connectivity index (χ2n) is 9.35. The third-order valence-corrected chi connectivity index (χ3v) is 7.70. The molecule has 0 radical (unpaired) electrons. The second-order valence-corrected chi connectivity index (χ2v) is 10.2. The van der Waals surface area contributed by atoms with E-state index in [-0.39, 0.29) is 23.4 Å². The summed E-state index contributed by atoms with van der Waals surface area (Å²) in [5.74, 6) is 0.460. The van der Waals surface area contributed by atoms with Crippen molar-refractivity contribution in [2.24, 2.45) is 0 Å². The third kappa shape index (κ3) is 7.18. The van der Waals surface area contributed by atoms with Crippen LogP contribution in [0.2, 0.25) is 10.0 Å². The van der Waals surface area contributed by atoms with Crippen LogP contribution in [0.1, 0.15) is 26.2 Å². The van der Waals surface area contributed by atoms with Gasteiger partial charge >= 0.3 is 5.69 Å². The maximum absolute atomic E-state index is 12.8. The van der Waals surface area contributed by atoms with Gasteiger partial charge in [0.2, 0.25) is 5.91 Å². The molecule has 0 aliphatic carbocycles. The molecule has 1 N–H and O–H groups in total. The van der Waals surface area contributed by atoms with Gasteiger partial charge in [0.05, 0.1) is 21.6 Å². The van der Waals surface area contributed by atoms with Crippen molar-refractivity contribution < 1.29 is 14.5 Å². The van der Waals surface area contributed by atoms with Crippen LogP contribution in [-0.2, 0) is 4.79 Å². The molecular weight excluding hydrogens is 517 g/mol. The van der Waals surface area contributed by atoms with Crippen LogP contribution >= 0.6 is 23.2 Å². The van der Waals surface area contributed by atoms with Crippen LogP contribution in [0.3, 0.4) is 0 Å². The number of nitrogens with one attached hydrogen (secondary N) is 1. The van der Waals surface area contributed by atoms with Crippen LogP contribution in [0.15, 0.2) is 36.4 Å². The first kappa shape index (κ1) is 27.3. The molecule has 0 aromatic heterocycles. The quantitative estimate of drug-likeness (QED) is 0.350. The zero-order chi connectivity index (χ0) is 26.4. The number of ether oxygens (including phenoxy) is 1. The Labute approximate surface area is 227 Å². The average Bonchev–Trinajstić information content (AvgIpc) is 2.90. The van der Waals surface area contributed by atoms with E-state index in [1.165, 1.54) is 6.07 Å². The Morgan fingerprint density at radius 2 is 1.78 bits per heavy atom. The van der Waals surface area contributed by atoms with E-state index in [0.717, 1.165) is 56.9 Å². The summed E-state index contributed by atoms with van der Waals surface area (Å²) in [6.45, 7) is 7.89. The molecular formula is C26H33Cl2N5O4. The number of benzene rings is 2. The molecule has 9 nitrogen and oxygen atoms in total. The Morgan fingerprint density at radius 1 is 1.05 bits per heavy atom. The molecule has 2 fully saturated rings. The first-order valence-corrected chi connectivity index (χ1v) is 13.5. The van der Waals surface area contributed by atoms with Crippen LogP contribution < -0.4 is 15.0 Å².